The summed E-state index contributed by atoms with van der Waals surface area (Å²) in [5.41, 5.74) is 4.08. The molecular weight excluding hydrogens is 375 g/mol. The summed E-state index contributed by atoms with van der Waals surface area (Å²) in [5.74, 6) is 0. The number of hydrogen-bond acceptors (Lipinski definition) is 2. The fourth-order valence-electron chi connectivity index (χ4n) is 2.27. The molecule has 1 atom stereocenters. The molecular formula is C15H12ClIO2. The van der Waals surface area contributed by atoms with Crippen molar-refractivity contribution < 1.29 is 9.84 Å². The van der Waals surface area contributed by atoms with E-state index < -0.39 is 6.10 Å². The maximum absolute atomic E-state index is 10.5. The first-order valence-corrected chi connectivity index (χ1v) is 7.43. The lowest BCUT2D eigenvalue weighted by Gasteiger charge is -2.14. The lowest BCUT2D eigenvalue weighted by atomic mass is 9.98. The summed E-state index contributed by atoms with van der Waals surface area (Å²) in [7, 11) is 0. The number of benzene rings is 2. The monoisotopic (exact) mass is 386 g/mol. The van der Waals surface area contributed by atoms with Gasteiger partial charge >= 0.3 is 0 Å². The van der Waals surface area contributed by atoms with Gasteiger partial charge in [-0.3, -0.25) is 0 Å². The number of halogens is 2. The van der Waals surface area contributed by atoms with Crippen molar-refractivity contribution in [3.05, 3.63) is 67.2 Å². The van der Waals surface area contributed by atoms with Crippen molar-refractivity contribution in [2.24, 2.45) is 0 Å². The fraction of sp³-hybridized carbons (Fsp3) is 0.200. The molecule has 1 heterocycles. The molecule has 1 aliphatic heterocycles. The highest BCUT2D eigenvalue weighted by Gasteiger charge is 2.18. The molecule has 0 aromatic heterocycles. The Morgan fingerprint density at radius 3 is 2.74 bits per heavy atom. The van der Waals surface area contributed by atoms with Crippen LogP contribution in [0.3, 0.4) is 0 Å². The molecule has 1 N–H and O–H groups in total. The van der Waals surface area contributed by atoms with Gasteiger partial charge in [0, 0.05) is 8.59 Å². The van der Waals surface area contributed by atoms with Crippen molar-refractivity contribution in [2.45, 2.75) is 19.3 Å². The lowest BCUT2D eigenvalue weighted by Crippen LogP contribution is -2.03. The first kappa shape index (κ1) is 13.4. The Hall–Kier alpha value is -0.620. The Morgan fingerprint density at radius 2 is 1.89 bits per heavy atom. The first-order chi connectivity index (χ1) is 9.15. The Morgan fingerprint density at radius 1 is 1.11 bits per heavy atom. The molecule has 0 saturated heterocycles. The van der Waals surface area contributed by atoms with Crippen LogP contribution >= 0.6 is 34.2 Å². The lowest BCUT2D eigenvalue weighted by molar-refractivity contribution is 0.134. The normalized spacial score (nSPS) is 15.3. The van der Waals surface area contributed by atoms with E-state index in [4.69, 9.17) is 16.3 Å². The second kappa shape index (κ2) is 5.40. The molecule has 98 valence electrons. The number of fused-ring (bicyclic) bond motifs is 1. The highest BCUT2D eigenvalue weighted by atomic mass is 127. The molecule has 0 radical (unpaired) electrons. The molecule has 0 spiro atoms. The summed E-state index contributed by atoms with van der Waals surface area (Å²) >= 11 is 8.22. The molecule has 3 rings (SSSR count). The van der Waals surface area contributed by atoms with Gasteiger partial charge in [-0.25, -0.2) is 0 Å². The van der Waals surface area contributed by atoms with Gasteiger partial charge in [0.25, 0.3) is 0 Å². The second-order valence-corrected chi connectivity index (χ2v) is 6.19. The smallest absolute Gasteiger partial charge is 0.105 e. The predicted octanol–water partition coefficient (Wildman–Crippen LogP) is 4.06. The van der Waals surface area contributed by atoms with Crippen molar-refractivity contribution in [3.8, 4) is 0 Å². The van der Waals surface area contributed by atoms with Gasteiger partial charge in [-0.15, -0.1) is 0 Å². The molecule has 0 aliphatic carbocycles. The van der Waals surface area contributed by atoms with E-state index in [-0.39, 0.29) is 0 Å². The maximum Gasteiger partial charge on any atom is 0.105 e. The van der Waals surface area contributed by atoms with Crippen molar-refractivity contribution in [1.82, 2.24) is 0 Å². The highest BCUT2D eigenvalue weighted by Crippen LogP contribution is 2.31. The number of aliphatic hydroxyl groups is 1. The van der Waals surface area contributed by atoms with E-state index in [0.29, 0.717) is 18.2 Å². The summed E-state index contributed by atoms with van der Waals surface area (Å²) < 4.78 is 6.40. The van der Waals surface area contributed by atoms with Crippen LogP contribution in [0.2, 0.25) is 5.02 Å². The SMILES string of the molecule is OC(c1ccc2c(c1)COC2)c1cc(Cl)ccc1I. The van der Waals surface area contributed by atoms with Crippen LogP contribution in [0.1, 0.15) is 28.4 Å². The van der Waals surface area contributed by atoms with Gasteiger partial charge in [-0.2, -0.15) is 0 Å². The van der Waals surface area contributed by atoms with Crippen LogP contribution in [0.25, 0.3) is 0 Å². The zero-order chi connectivity index (χ0) is 13.4. The van der Waals surface area contributed by atoms with E-state index in [1.165, 1.54) is 5.56 Å². The molecule has 0 bridgehead atoms. The van der Waals surface area contributed by atoms with Gasteiger partial charge in [-0.05, 0) is 63.0 Å². The zero-order valence-corrected chi connectivity index (χ0v) is 13.0. The van der Waals surface area contributed by atoms with E-state index in [1.807, 2.05) is 36.4 Å². The quantitative estimate of drug-likeness (QED) is 0.789. The minimum Gasteiger partial charge on any atom is -0.384 e. The number of aliphatic hydroxyl groups excluding tert-OH is 1. The van der Waals surface area contributed by atoms with Crippen LogP contribution in [-0.4, -0.2) is 5.11 Å². The Labute approximate surface area is 130 Å². The maximum atomic E-state index is 10.5. The molecule has 2 aromatic carbocycles. The Kier molecular flexibility index (Phi) is 3.80. The largest absolute Gasteiger partial charge is 0.384 e. The fourth-order valence-corrected chi connectivity index (χ4v) is 3.08. The average Bonchev–Trinajstić information content (AvgIpc) is 2.88. The predicted molar refractivity (Wildman–Crippen MR) is 83.2 cm³/mol. The third-order valence-corrected chi connectivity index (χ3v) is 4.53. The number of hydrogen-bond donors (Lipinski definition) is 1. The van der Waals surface area contributed by atoms with Gasteiger partial charge in [-0.1, -0.05) is 29.8 Å². The van der Waals surface area contributed by atoms with Gasteiger partial charge < -0.3 is 9.84 Å². The minimum absolute atomic E-state index is 0.628. The van der Waals surface area contributed by atoms with E-state index in [0.717, 1.165) is 20.3 Å². The van der Waals surface area contributed by atoms with E-state index in [9.17, 15) is 5.11 Å². The number of ether oxygens (including phenoxy) is 1. The third kappa shape index (κ3) is 2.65. The van der Waals surface area contributed by atoms with Crippen LogP contribution in [0.5, 0.6) is 0 Å². The van der Waals surface area contributed by atoms with Crippen LogP contribution in [0, 0.1) is 3.57 Å². The molecule has 19 heavy (non-hydrogen) atoms. The molecule has 0 amide bonds. The van der Waals surface area contributed by atoms with Gasteiger partial charge in [0.15, 0.2) is 0 Å². The summed E-state index contributed by atoms with van der Waals surface area (Å²) in [4.78, 5) is 0. The minimum atomic E-state index is -0.656. The third-order valence-electron chi connectivity index (χ3n) is 3.31. The Bertz CT molecular complexity index is 628. The van der Waals surface area contributed by atoms with E-state index >= 15 is 0 Å². The average molecular weight is 387 g/mol. The van der Waals surface area contributed by atoms with Crippen molar-refractivity contribution in [2.75, 3.05) is 0 Å². The summed E-state index contributed by atoms with van der Waals surface area (Å²) in [6.45, 7) is 1.29. The number of rotatable bonds is 2. The van der Waals surface area contributed by atoms with Crippen LogP contribution in [-0.2, 0) is 18.0 Å². The van der Waals surface area contributed by atoms with Crippen molar-refractivity contribution in [3.63, 3.8) is 0 Å². The standard InChI is InChI=1S/C15H12ClIO2/c16-12-3-4-14(17)13(6-12)15(18)9-1-2-10-7-19-8-11(10)5-9/h1-6,15,18H,7-8H2. The van der Waals surface area contributed by atoms with Crippen LogP contribution in [0.15, 0.2) is 36.4 Å². The summed E-state index contributed by atoms with van der Waals surface area (Å²) in [6.07, 6.45) is -0.656. The highest BCUT2D eigenvalue weighted by molar-refractivity contribution is 14.1. The van der Waals surface area contributed by atoms with E-state index in [2.05, 4.69) is 22.6 Å². The molecule has 1 unspecified atom stereocenters. The van der Waals surface area contributed by atoms with Gasteiger partial charge in [0.1, 0.15) is 6.10 Å². The van der Waals surface area contributed by atoms with E-state index in [1.54, 1.807) is 0 Å². The Balaban J connectivity index is 1.99. The van der Waals surface area contributed by atoms with Crippen LogP contribution < -0.4 is 0 Å². The summed E-state index contributed by atoms with van der Waals surface area (Å²) in [5, 5.41) is 11.2. The zero-order valence-electron chi connectivity index (χ0n) is 10.1. The molecule has 0 saturated carbocycles. The van der Waals surface area contributed by atoms with Gasteiger partial charge in [0.05, 0.1) is 13.2 Å². The molecule has 1 aliphatic rings. The van der Waals surface area contributed by atoms with Gasteiger partial charge in [0.2, 0.25) is 0 Å². The molecule has 4 heteroatoms. The first-order valence-electron chi connectivity index (χ1n) is 5.97. The molecule has 2 nitrogen and oxygen atoms in total. The van der Waals surface area contributed by atoms with Crippen molar-refractivity contribution in [1.29, 1.82) is 0 Å². The van der Waals surface area contributed by atoms with Crippen molar-refractivity contribution >= 4 is 34.2 Å². The molecule has 2 aromatic rings. The van der Waals surface area contributed by atoms with Crippen LogP contribution in [0.4, 0.5) is 0 Å². The molecule has 0 fully saturated rings. The summed E-state index contributed by atoms with van der Waals surface area (Å²) in [6, 6.07) is 11.6. The topological polar surface area (TPSA) is 29.5 Å². The second-order valence-electron chi connectivity index (χ2n) is 4.59.